The summed E-state index contributed by atoms with van der Waals surface area (Å²) in [5, 5.41) is 13.4. The monoisotopic (exact) mass is 515 g/mol. The number of benzene rings is 1. The highest BCUT2D eigenvalue weighted by molar-refractivity contribution is 6.46. The Morgan fingerprint density at radius 3 is 2.72 bits per heavy atom. The van der Waals surface area contributed by atoms with E-state index in [1.165, 1.54) is 6.07 Å². The van der Waals surface area contributed by atoms with E-state index >= 15 is 0 Å². The van der Waals surface area contributed by atoms with Gasteiger partial charge in [-0.2, -0.15) is 13.2 Å². The molecule has 36 heavy (non-hydrogen) atoms. The van der Waals surface area contributed by atoms with E-state index in [1.54, 1.807) is 12.1 Å². The zero-order chi connectivity index (χ0) is 26.3. The van der Waals surface area contributed by atoms with Gasteiger partial charge in [0.25, 0.3) is 0 Å². The first-order valence-electron chi connectivity index (χ1n) is 11.7. The van der Waals surface area contributed by atoms with E-state index in [4.69, 9.17) is 23.0 Å². The van der Waals surface area contributed by atoms with Crippen LogP contribution in [0.15, 0.2) is 31.8 Å². The molecule has 9 nitrogen and oxygen atoms in total. The van der Waals surface area contributed by atoms with Crippen LogP contribution in [0, 0.1) is 5.92 Å². The molecule has 0 saturated heterocycles. The SMILES string of the molecule is CC(C)Cc1oc(=O)oc1COC(=O)c1cccc2c1OB(O)[C@@H](NCOCCCCC(F)(F)F)C2. The highest BCUT2D eigenvalue weighted by Crippen LogP contribution is 2.31. The Labute approximate surface area is 206 Å². The standard InChI is InChI=1S/C23H29BF3NO8/c1-14(2)10-17-18(35-22(30)34-17)12-33-21(29)16-7-5-6-15-11-19(24(31)36-20(15)16)28-13-32-9-4-3-8-23(25,26)27/h5-7,14,19,28,31H,3-4,8-13H2,1-2H3/t19-/m0/s1. The molecule has 0 spiro atoms. The fourth-order valence-corrected chi connectivity index (χ4v) is 3.71. The van der Waals surface area contributed by atoms with E-state index in [0.717, 1.165) is 0 Å². The molecule has 2 N–H and O–H groups in total. The van der Waals surface area contributed by atoms with E-state index in [9.17, 15) is 27.8 Å². The van der Waals surface area contributed by atoms with Crippen LogP contribution in [-0.4, -0.2) is 43.6 Å². The molecule has 198 valence electrons. The van der Waals surface area contributed by atoms with Crippen molar-refractivity contribution in [3.63, 3.8) is 0 Å². The van der Waals surface area contributed by atoms with Crippen molar-refractivity contribution in [1.82, 2.24) is 5.32 Å². The lowest BCUT2D eigenvalue weighted by molar-refractivity contribution is -0.136. The molecule has 2 aromatic rings. The number of carbonyl (C=O) groups excluding carboxylic acids is 1. The first-order chi connectivity index (χ1) is 17.0. The maximum atomic E-state index is 12.7. The van der Waals surface area contributed by atoms with Gasteiger partial charge >= 0.3 is 25.1 Å². The average Bonchev–Trinajstić information content (AvgIpc) is 3.14. The zero-order valence-corrected chi connectivity index (χ0v) is 20.1. The second-order valence-electron chi connectivity index (χ2n) is 8.92. The van der Waals surface area contributed by atoms with Gasteiger partial charge in [0.1, 0.15) is 11.3 Å². The molecule has 0 fully saturated rings. The van der Waals surface area contributed by atoms with Crippen molar-refractivity contribution >= 4 is 13.1 Å². The summed E-state index contributed by atoms with van der Waals surface area (Å²) in [6.07, 6.45) is -4.02. The van der Waals surface area contributed by atoms with Crippen LogP contribution in [0.4, 0.5) is 13.2 Å². The smallest absolute Gasteiger partial charge is 0.534 e. The number of nitrogens with one attached hydrogen (secondary N) is 1. The highest BCUT2D eigenvalue weighted by atomic mass is 19.4. The maximum absolute atomic E-state index is 12.7. The fraction of sp³-hybridized carbons (Fsp3) is 0.565. The molecular weight excluding hydrogens is 486 g/mol. The van der Waals surface area contributed by atoms with Crippen molar-refractivity contribution in [2.75, 3.05) is 13.3 Å². The van der Waals surface area contributed by atoms with Crippen LogP contribution in [0.25, 0.3) is 0 Å². The number of hydrogen-bond donors (Lipinski definition) is 2. The number of carbonyl (C=O) groups is 1. The van der Waals surface area contributed by atoms with E-state index in [-0.39, 0.29) is 55.8 Å². The molecule has 1 atom stereocenters. The Morgan fingerprint density at radius 1 is 1.25 bits per heavy atom. The van der Waals surface area contributed by atoms with Crippen LogP contribution in [0.2, 0.25) is 0 Å². The Kier molecular flexibility index (Phi) is 9.63. The van der Waals surface area contributed by atoms with Gasteiger partial charge in [-0.05, 0) is 36.8 Å². The van der Waals surface area contributed by atoms with Crippen LogP contribution >= 0.6 is 0 Å². The number of esters is 1. The molecular formula is C23H29BF3NO8. The highest BCUT2D eigenvalue weighted by Gasteiger charge is 2.36. The van der Waals surface area contributed by atoms with Crippen molar-refractivity contribution in [3.8, 4) is 5.75 Å². The van der Waals surface area contributed by atoms with Gasteiger partial charge in [-0.3, -0.25) is 5.32 Å². The Balaban J connectivity index is 1.53. The summed E-state index contributed by atoms with van der Waals surface area (Å²) in [5.41, 5.74) is 0.745. The molecule has 1 aromatic carbocycles. The predicted octanol–water partition coefficient (Wildman–Crippen LogP) is 3.41. The molecule has 0 radical (unpaired) electrons. The second-order valence-corrected chi connectivity index (χ2v) is 8.92. The molecule has 3 rings (SSSR count). The average molecular weight is 515 g/mol. The zero-order valence-electron chi connectivity index (χ0n) is 20.1. The molecule has 1 aliphatic heterocycles. The number of rotatable bonds is 12. The molecule has 2 heterocycles. The van der Waals surface area contributed by atoms with Gasteiger partial charge in [0.05, 0.1) is 12.7 Å². The van der Waals surface area contributed by atoms with Gasteiger partial charge in [-0.25, -0.2) is 9.59 Å². The predicted molar refractivity (Wildman–Crippen MR) is 121 cm³/mol. The van der Waals surface area contributed by atoms with Gasteiger partial charge < -0.3 is 28.0 Å². The minimum Gasteiger partial charge on any atom is -0.534 e. The number of para-hydroxylation sites is 1. The molecule has 0 aliphatic carbocycles. The molecule has 0 unspecified atom stereocenters. The summed E-state index contributed by atoms with van der Waals surface area (Å²) in [5.74, 6) is -1.33. The van der Waals surface area contributed by atoms with E-state index in [2.05, 4.69) is 5.32 Å². The van der Waals surface area contributed by atoms with Crippen LogP contribution in [0.1, 0.15) is 60.6 Å². The maximum Gasteiger partial charge on any atom is 0.541 e. The first-order valence-corrected chi connectivity index (χ1v) is 11.7. The summed E-state index contributed by atoms with van der Waals surface area (Å²) >= 11 is 0. The van der Waals surface area contributed by atoms with Crippen LogP contribution in [0.3, 0.4) is 0 Å². The molecule has 1 aliphatic rings. The van der Waals surface area contributed by atoms with Gasteiger partial charge in [0, 0.05) is 19.4 Å². The third kappa shape index (κ3) is 8.14. The van der Waals surface area contributed by atoms with Crippen molar-refractivity contribution < 1.29 is 46.0 Å². The Bertz CT molecular complexity index is 1070. The largest absolute Gasteiger partial charge is 0.541 e. The van der Waals surface area contributed by atoms with Gasteiger partial charge in [0.15, 0.2) is 18.1 Å². The summed E-state index contributed by atoms with van der Waals surface area (Å²) in [7, 11) is -1.30. The van der Waals surface area contributed by atoms with E-state index in [0.29, 0.717) is 24.2 Å². The molecule has 0 saturated carbocycles. The van der Waals surface area contributed by atoms with Crippen molar-refractivity contribution in [2.45, 2.75) is 64.7 Å². The number of halogens is 3. The quantitative estimate of drug-likeness (QED) is 0.190. The van der Waals surface area contributed by atoms with E-state index < -0.39 is 37.4 Å². The van der Waals surface area contributed by atoms with Crippen molar-refractivity contribution in [1.29, 1.82) is 0 Å². The minimum absolute atomic E-state index is 0.0167. The lowest BCUT2D eigenvalue weighted by Gasteiger charge is -2.29. The Morgan fingerprint density at radius 2 is 2.00 bits per heavy atom. The lowest BCUT2D eigenvalue weighted by atomic mass is 9.72. The number of unbranched alkanes of at least 4 members (excludes halogenated alkanes) is 1. The number of fused-ring (bicyclic) bond motifs is 1. The molecule has 13 heteroatoms. The molecule has 0 bridgehead atoms. The third-order valence-electron chi connectivity index (χ3n) is 5.44. The van der Waals surface area contributed by atoms with Crippen LogP contribution in [0.5, 0.6) is 5.75 Å². The molecule has 0 amide bonds. The lowest BCUT2D eigenvalue weighted by Crippen LogP contribution is -2.51. The summed E-state index contributed by atoms with van der Waals surface area (Å²) in [6, 6.07) is 4.87. The topological polar surface area (TPSA) is 120 Å². The molecule has 1 aromatic heterocycles. The number of hydrogen-bond acceptors (Lipinski definition) is 9. The van der Waals surface area contributed by atoms with Crippen LogP contribution < -0.4 is 15.8 Å². The van der Waals surface area contributed by atoms with Crippen molar-refractivity contribution in [3.05, 3.63) is 51.5 Å². The van der Waals surface area contributed by atoms with Crippen LogP contribution in [-0.2, 0) is 28.9 Å². The minimum atomic E-state index is -4.17. The first kappa shape index (κ1) is 27.8. The number of ether oxygens (including phenoxy) is 2. The fourth-order valence-electron chi connectivity index (χ4n) is 3.71. The van der Waals surface area contributed by atoms with E-state index in [1.807, 2.05) is 13.8 Å². The summed E-state index contributed by atoms with van der Waals surface area (Å²) < 4.78 is 62.7. The third-order valence-corrected chi connectivity index (χ3v) is 5.44. The summed E-state index contributed by atoms with van der Waals surface area (Å²) in [4.78, 5) is 24.2. The Hall–Kier alpha value is -2.77. The van der Waals surface area contributed by atoms with Crippen molar-refractivity contribution in [2.24, 2.45) is 5.92 Å². The van der Waals surface area contributed by atoms with Gasteiger partial charge in [-0.15, -0.1) is 0 Å². The number of alkyl halides is 3. The summed E-state index contributed by atoms with van der Waals surface area (Å²) in [6.45, 7) is 3.74. The van der Waals surface area contributed by atoms with Gasteiger partial charge in [-0.1, -0.05) is 26.0 Å². The van der Waals surface area contributed by atoms with Gasteiger partial charge in [0.2, 0.25) is 0 Å². The second kappa shape index (κ2) is 12.5. The normalized spacial score (nSPS) is 15.6.